The van der Waals surface area contributed by atoms with Gasteiger partial charge in [-0.3, -0.25) is 4.79 Å². The smallest absolute Gasteiger partial charge is 0.137 e. The van der Waals surface area contributed by atoms with Gasteiger partial charge in [0.15, 0.2) is 0 Å². The average molecular weight is 206 g/mol. The minimum absolute atomic E-state index is 0.249. The number of benzene rings is 1. The van der Waals surface area contributed by atoms with Crippen molar-refractivity contribution in [2.75, 3.05) is 0 Å². The number of ketones is 1. The second-order valence-electron chi connectivity index (χ2n) is 3.02. The summed E-state index contributed by atoms with van der Waals surface area (Å²) in [5, 5.41) is 0. The molecule has 0 bridgehead atoms. The van der Waals surface area contributed by atoms with E-state index < -0.39 is 0 Å². The maximum Gasteiger partial charge on any atom is 0.137 e. The summed E-state index contributed by atoms with van der Waals surface area (Å²) in [7, 11) is 0. The number of Topliss-reactive ketones (excluding diaryl/α,β-unsaturated/α-hetero) is 1. The lowest BCUT2D eigenvalue weighted by Crippen LogP contribution is -1.94. The lowest BCUT2D eigenvalue weighted by Gasteiger charge is -2.03. The van der Waals surface area contributed by atoms with Crippen LogP contribution in [0.15, 0.2) is 46.7 Å². The molecular weight excluding hydrogens is 192 g/mol. The van der Waals surface area contributed by atoms with Crippen molar-refractivity contribution in [3.8, 4) is 0 Å². The van der Waals surface area contributed by atoms with Gasteiger partial charge in [-0.15, -0.1) is 0 Å². The Hall–Kier alpha value is -1.02. The van der Waals surface area contributed by atoms with Crippen molar-refractivity contribution in [1.82, 2.24) is 0 Å². The van der Waals surface area contributed by atoms with Gasteiger partial charge in [-0.05, 0) is 17.0 Å². The Bertz CT molecular complexity index is 316. The monoisotopic (exact) mass is 206 g/mol. The van der Waals surface area contributed by atoms with Crippen LogP contribution in [0.1, 0.15) is 19.8 Å². The molecule has 14 heavy (non-hydrogen) atoms. The number of hydrogen-bond acceptors (Lipinski definition) is 2. The van der Waals surface area contributed by atoms with Gasteiger partial charge in [0.05, 0.1) is 0 Å². The summed E-state index contributed by atoms with van der Waals surface area (Å²) >= 11 is 1.57. The van der Waals surface area contributed by atoms with Crippen LogP contribution in [0, 0.1) is 0 Å². The highest BCUT2D eigenvalue weighted by atomic mass is 32.2. The van der Waals surface area contributed by atoms with Crippen molar-refractivity contribution in [3.63, 3.8) is 0 Å². The number of carbonyl (C=O) groups is 1. The Morgan fingerprint density at radius 2 is 2.00 bits per heavy atom. The lowest BCUT2D eigenvalue weighted by atomic mass is 10.2. The van der Waals surface area contributed by atoms with Crippen LogP contribution in [0.4, 0.5) is 0 Å². The van der Waals surface area contributed by atoms with Crippen LogP contribution in [0.3, 0.4) is 0 Å². The van der Waals surface area contributed by atoms with Gasteiger partial charge in [0, 0.05) is 17.7 Å². The molecule has 0 aromatic heterocycles. The quantitative estimate of drug-likeness (QED) is 0.684. The molecule has 0 N–H and O–H groups in total. The van der Waals surface area contributed by atoms with E-state index in [9.17, 15) is 4.79 Å². The van der Waals surface area contributed by atoms with Gasteiger partial charge in [-0.25, -0.2) is 0 Å². The molecule has 1 rings (SSSR count). The van der Waals surface area contributed by atoms with E-state index >= 15 is 0 Å². The van der Waals surface area contributed by atoms with Crippen LogP contribution in [0.25, 0.3) is 0 Å². The third kappa shape index (κ3) is 3.79. The molecule has 0 fully saturated rings. The minimum atomic E-state index is 0.249. The topological polar surface area (TPSA) is 17.1 Å². The zero-order valence-corrected chi connectivity index (χ0v) is 9.14. The number of hydrogen-bond donors (Lipinski definition) is 0. The van der Waals surface area contributed by atoms with Gasteiger partial charge in [0.1, 0.15) is 5.78 Å². The van der Waals surface area contributed by atoms with Gasteiger partial charge < -0.3 is 0 Å². The second kappa shape index (κ2) is 5.66. The van der Waals surface area contributed by atoms with Crippen molar-refractivity contribution in [3.05, 3.63) is 41.8 Å². The average Bonchev–Trinajstić information content (AvgIpc) is 2.19. The van der Waals surface area contributed by atoms with Crippen molar-refractivity contribution in [2.45, 2.75) is 24.7 Å². The third-order valence-electron chi connectivity index (χ3n) is 1.79. The van der Waals surface area contributed by atoms with Crippen LogP contribution in [-0.4, -0.2) is 5.78 Å². The Morgan fingerprint density at radius 1 is 1.36 bits per heavy atom. The Morgan fingerprint density at radius 3 is 2.57 bits per heavy atom. The van der Waals surface area contributed by atoms with E-state index in [1.54, 1.807) is 11.8 Å². The van der Waals surface area contributed by atoms with Crippen LogP contribution < -0.4 is 0 Å². The summed E-state index contributed by atoms with van der Waals surface area (Å²) in [5.41, 5.74) is 0. The van der Waals surface area contributed by atoms with Crippen molar-refractivity contribution in [1.29, 1.82) is 0 Å². The molecule has 0 radical (unpaired) electrons. The van der Waals surface area contributed by atoms with Crippen molar-refractivity contribution >= 4 is 17.5 Å². The number of thioether (sulfide) groups is 1. The molecule has 0 aliphatic rings. The summed E-state index contributed by atoms with van der Waals surface area (Å²) in [6, 6.07) is 9.98. The minimum Gasteiger partial charge on any atom is -0.299 e. The molecule has 1 nitrogen and oxygen atoms in total. The van der Waals surface area contributed by atoms with E-state index in [1.807, 2.05) is 37.3 Å². The highest BCUT2D eigenvalue weighted by molar-refractivity contribution is 8.03. The van der Waals surface area contributed by atoms with Crippen molar-refractivity contribution in [2.24, 2.45) is 0 Å². The molecule has 0 spiro atoms. The maximum atomic E-state index is 11.1. The van der Waals surface area contributed by atoms with Gasteiger partial charge in [0.25, 0.3) is 0 Å². The van der Waals surface area contributed by atoms with E-state index in [0.29, 0.717) is 12.8 Å². The first-order valence-corrected chi connectivity index (χ1v) is 5.46. The molecular formula is C12H14OS. The molecule has 0 atom stereocenters. The zero-order chi connectivity index (χ0) is 10.4. The summed E-state index contributed by atoms with van der Waals surface area (Å²) in [4.78, 5) is 13.2. The summed E-state index contributed by atoms with van der Waals surface area (Å²) in [6.45, 7) is 5.76. The maximum absolute atomic E-state index is 11.1. The fourth-order valence-electron chi connectivity index (χ4n) is 1.04. The number of allylic oxidation sites excluding steroid dienone is 1. The van der Waals surface area contributed by atoms with Crippen LogP contribution in [0.5, 0.6) is 0 Å². The Balaban J connectivity index is 2.46. The molecule has 74 valence electrons. The van der Waals surface area contributed by atoms with Gasteiger partial charge in [0.2, 0.25) is 0 Å². The summed E-state index contributed by atoms with van der Waals surface area (Å²) < 4.78 is 0. The zero-order valence-electron chi connectivity index (χ0n) is 8.32. The molecule has 0 saturated heterocycles. The molecule has 0 unspecified atom stereocenters. The van der Waals surface area contributed by atoms with E-state index in [4.69, 9.17) is 0 Å². The summed E-state index contributed by atoms with van der Waals surface area (Å²) in [5.74, 6) is 0.249. The molecule has 1 aromatic carbocycles. The fourth-order valence-corrected chi connectivity index (χ4v) is 1.90. The van der Waals surface area contributed by atoms with Gasteiger partial charge in [-0.1, -0.05) is 43.5 Å². The predicted octanol–water partition coefficient (Wildman–Crippen LogP) is 3.66. The second-order valence-corrected chi connectivity index (χ2v) is 4.28. The molecule has 0 amide bonds. The van der Waals surface area contributed by atoms with Crippen LogP contribution in [0.2, 0.25) is 0 Å². The Kier molecular flexibility index (Phi) is 4.47. The lowest BCUT2D eigenvalue weighted by molar-refractivity contribution is -0.117. The highest BCUT2D eigenvalue weighted by Crippen LogP contribution is 2.27. The molecule has 0 heterocycles. The molecule has 2 heteroatoms. The Labute approximate surface area is 89.2 Å². The van der Waals surface area contributed by atoms with Gasteiger partial charge >= 0.3 is 0 Å². The normalized spacial score (nSPS) is 9.79. The highest BCUT2D eigenvalue weighted by Gasteiger charge is 2.03. The largest absolute Gasteiger partial charge is 0.299 e. The molecule has 0 saturated carbocycles. The van der Waals surface area contributed by atoms with E-state index in [2.05, 4.69) is 6.58 Å². The third-order valence-corrected chi connectivity index (χ3v) is 2.73. The fraction of sp³-hybridized carbons (Fsp3) is 0.250. The standard InChI is InChI=1S/C12H14OS/c1-3-11(13)9-10(2)14-12-7-5-4-6-8-12/h4-8H,2-3,9H2,1H3. The van der Waals surface area contributed by atoms with E-state index in [0.717, 1.165) is 9.80 Å². The van der Waals surface area contributed by atoms with E-state index in [1.165, 1.54) is 0 Å². The van der Waals surface area contributed by atoms with Crippen LogP contribution >= 0.6 is 11.8 Å². The molecule has 0 aliphatic heterocycles. The number of rotatable bonds is 5. The SMILES string of the molecule is C=C(CC(=O)CC)Sc1ccccc1. The molecule has 1 aromatic rings. The first-order chi connectivity index (χ1) is 6.72. The summed E-state index contributed by atoms with van der Waals surface area (Å²) in [6.07, 6.45) is 1.07. The first-order valence-electron chi connectivity index (χ1n) is 4.64. The first kappa shape index (κ1) is 11.1. The predicted molar refractivity (Wildman–Crippen MR) is 61.4 cm³/mol. The van der Waals surface area contributed by atoms with Gasteiger partial charge in [-0.2, -0.15) is 0 Å². The molecule has 0 aliphatic carbocycles. The van der Waals surface area contributed by atoms with Crippen LogP contribution in [-0.2, 0) is 4.79 Å². The number of carbonyl (C=O) groups excluding carboxylic acids is 1. The van der Waals surface area contributed by atoms with E-state index in [-0.39, 0.29) is 5.78 Å². The van der Waals surface area contributed by atoms with Crippen molar-refractivity contribution < 1.29 is 4.79 Å².